The van der Waals surface area contributed by atoms with Crippen molar-refractivity contribution in [2.45, 2.75) is 56.5 Å². The average Bonchev–Trinajstić information content (AvgIpc) is 3.39. The van der Waals surface area contributed by atoms with Crippen LogP contribution in [0.25, 0.3) is 0 Å². The van der Waals surface area contributed by atoms with E-state index in [4.69, 9.17) is 11.1 Å². The highest BCUT2D eigenvalue weighted by molar-refractivity contribution is 5.94. The minimum Gasteiger partial charge on any atom is -0.469 e. The number of carbonyl (C=O) groups is 2. The summed E-state index contributed by atoms with van der Waals surface area (Å²) in [7, 11) is 1.36. The van der Waals surface area contributed by atoms with Crippen LogP contribution in [0.5, 0.6) is 0 Å². The molecule has 1 aromatic rings. The van der Waals surface area contributed by atoms with Crippen LogP contribution < -0.4 is 16.4 Å². The van der Waals surface area contributed by atoms with E-state index in [1.165, 1.54) is 38.4 Å². The van der Waals surface area contributed by atoms with E-state index in [-0.39, 0.29) is 36.1 Å². The Labute approximate surface area is 177 Å². The fraction of sp³-hybridized carbons (Fsp3) is 0.609. The van der Waals surface area contributed by atoms with Gasteiger partial charge in [0.1, 0.15) is 5.84 Å². The number of hydrogen-bond acceptors (Lipinski definition) is 5. The normalized spacial score (nSPS) is 32.6. The number of hydrogen-bond donors (Lipinski definition) is 4. The Morgan fingerprint density at radius 1 is 1.17 bits per heavy atom. The Morgan fingerprint density at radius 3 is 2.43 bits per heavy atom. The molecule has 1 saturated heterocycles. The zero-order chi connectivity index (χ0) is 21.3. The second-order valence-electron chi connectivity index (χ2n) is 9.22. The van der Waals surface area contributed by atoms with Crippen molar-refractivity contribution in [2.24, 2.45) is 23.5 Å². The van der Waals surface area contributed by atoms with Gasteiger partial charge < -0.3 is 21.1 Å². The van der Waals surface area contributed by atoms with Crippen molar-refractivity contribution in [3.8, 4) is 0 Å². The van der Waals surface area contributed by atoms with Crippen molar-refractivity contribution in [1.82, 2.24) is 10.6 Å². The first-order chi connectivity index (χ1) is 14.4. The van der Waals surface area contributed by atoms with E-state index in [1.807, 2.05) is 12.1 Å². The molecule has 0 spiro atoms. The molecule has 3 aliphatic rings. The molecule has 162 valence electrons. The van der Waals surface area contributed by atoms with Crippen LogP contribution in [0.2, 0.25) is 0 Å². The van der Waals surface area contributed by atoms with E-state index in [1.54, 1.807) is 0 Å². The molecule has 7 nitrogen and oxygen atoms in total. The number of nitrogens with two attached hydrogens (primary N) is 1. The van der Waals surface area contributed by atoms with Crippen molar-refractivity contribution in [1.29, 1.82) is 5.41 Å². The van der Waals surface area contributed by atoms with Crippen LogP contribution in [0.15, 0.2) is 24.3 Å². The lowest BCUT2D eigenvalue weighted by Crippen LogP contribution is -2.39. The minimum atomic E-state index is -0.321. The quantitative estimate of drug-likeness (QED) is 0.310. The molecular formula is C23H32N4O3. The van der Waals surface area contributed by atoms with Crippen molar-refractivity contribution in [3.05, 3.63) is 35.4 Å². The average molecular weight is 413 g/mol. The van der Waals surface area contributed by atoms with Gasteiger partial charge in [0, 0.05) is 24.2 Å². The third-order valence-electron chi connectivity index (χ3n) is 7.29. The molecule has 0 bridgehead atoms. The zero-order valence-electron chi connectivity index (χ0n) is 17.5. The second-order valence-corrected chi connectivity index (χ2v) is 9.22. The van der Waals surface area contributed by atoms with Gasteiger partial charge in [-0.2, -0.15) is 0 Å². The summed E-state index contributed by atoms with van der Waals surface area (Å²) >= 11 is 0. The van der Waals surface area contributed by atoms with Crippen molar-refractivity contribution in [3.63, 3.8) is 0 Å². The van der Waals surface area contributed by atoms with E-state index in [0.29, 0.717) is 18.4 Å². The highest BCUT2D eigenvalue weighted by Gasteiger charge is 2.42. The number of nitrogens with one attached hydrogen (secondary N) is 3. The largest absolute Gasteiger partial charge is 0.469 e. The Balaban J connectivity index is 1.22. The number of amides is 1. The van der Waals surface area contributed by atoms with Crippen molar-refractivity contribution in [2.75, 3.05) is 13.7 Å². The number of methoxy groups -OCH3 is 1. The summed E-state index contributed by atoms with van der Waals surface area (Å²) < 4.78 is 4.69. The van der Waals surface area contributed by atoms with Crippen LogP contribution in [0.3, 0.4) is 0 Å². The number of benzene rings is 1. The number of rotatable bonds is 7. The summed E-state index contributed by atoms with van der Waals surface area (Å²) in [6.07, 6.45) is 5.70. The van der Waals surface area contributed by atoms with Gasteiger partial charge in [0.2, 0.25) is 5.91 Å². The lowest BCUT2D eigenvalue weighted by molar-refractivity contribution is -0.143. The molecule has 3 fully saturated rings. The van der Waals surface area contributed by atoms with E-state index < -0.39 is 0 Å². The molecule has 1 aliphatic heterocycles. The van der Waals surface area contributed by atoms with Crippen LogP contribution in [-0.4, -0.2) is 43.5 Å². The Kier molecular flexibility index (Phi) is 6.09. The summed E-state index contributed by atoms with van der Waals surface area (Å²) in [5, 5.41) is 14.2. The topological polar surface area (TPSA) is 117 Å². The molecule has 0 radical (unpaired) electrons. The van der Waals surface area contributed by atoms with Gasteiger partial charge >= 0.3 is 5.97 Å². The van der Waals surface area contributed by atoms with Gasteiger partial charge in [-0.25, -0.2) is 0 Å². The molecule has 2 unspecified atom stereocenters. The summed E-state index contributed by atoms with van der Waals surface area (Å²) in [4.78, 5) is 23.5. The summed E-state index contributed by atoms with van der Waals surface area (Å²) in [5.74, 6) is 1.62. The molecule has 7 heteroatoms. The molecule has 6 atom stereocenters. The highest BCUT2D eigenvalue weighted by atomic mass is 16.5. The SMILES string of the molecule is COC(=O)C[C@@H]1C[C@@H](CNC2C[C@@H]3CC(c4ccc(C(=N)N)cc4)C[C@@H]3C2)NC1=O. The number of carbonyl (C=O) groups excluding carboxylic acids is 2. The maximum absolute atomic E-state index is 12.1. The predicted molar refractivity (Wildman–Crippen MR) is 114 cm³/mol. The highest BCUT2D eigenvalue weighted by Crippen LogP contribution is 2.50. The summed E-state index contributed by atoms with van der Waals surface area (Å²) in [5.41, 5.74) is 7.71. The van der Waals surface area contributed by atoms with E-state index in [9.17, 15) is 9.59 Å². The van der Waals surface area contributed by atoms with Crippen LogP contribution in [0.1, 0.15) is 55.6 Å². The number of nitrogen functional groups attached to an aromatic ring is 1. The third kappa shape index (κ3) is 4.51. The van der Waals surface area contributed by atoms with E-state index >= 15 is 0 Å². The van der Waals surface area contributed by atoms with E-state index in [2.05, 4.69) is 27.5 Å². The van der Waals surface area contributed by atoms with Crippen LogP contribution in [0.4, 0.5) is 0 Å². The molecule has 1 heterocycles. The number of amidine groups is 1. The lowest BCUT2D eigenvalue weighted by Gasteiger charge is -2.19. The number of fused-ring (bicyclic) bond motifs is 1. The van der Waals surface area contributed by atoms with Crippen molar-refractivity contribution < 1.29 is 14.3 Å². The van der Waals surface area contributed by atoms with Gasteiger partial charge in [-0.05, 0) is 55.4 Å². The second kappa shape index (κ2) is 8.76. The Morgan fingerprint density at radius 2 is 1.83 bits per heavy atom. The minimum absolute atomic E-state index is 0.0332. The standard InChI is InChI=1S/C23H32N4O3/c1-30-21(28)11-18-10-20(27-23(18)29)12-26-19-8-16-6-15(7-17(16)9-19)13-2-4-14(5-3-13)22(24)25/h2-5,15-20,26H,6-12H2,1H3,(H3,24,25)(H,27,29)/t15?,16-,17+,18-,19?,20-/m0/s1. The van der Waals surface area contributed by atoms with Crippen LogP contribution in [-0.2, 0) is 14.3 Å². The molecule has 4 rings (SSSR count). The summed E-state index contributed by atoms with van der Waals surface area (Å²) in [6.45, 7) is 0.767. The molecular weight excluding hydrogens is 380 g/mol. The maximum Gasteiger partial charge on any atom is 0.306 e. The fourth-order valence-corrected chi connectivity index (χ4v) is 5.72. The van der Waals surface area contributed by atoms with Gasteiger partial charge in [0.05, 0.1) is 19.4 Å². The Bertz CT molecular complexity index is 795. The molecule has 2 saturated carbocycles. The molecule has 1 amide bonds. The lowest BCUT2D eigenvalue weighted by atomic mass is 9.93. The smallest absolute Gasteiger partial charge is 0.306 e. The molecule has 1 aromatic carbocycles. The van der Waals surface area contributed by atoms with E-state index in [0.717, 1.165) is 23.9 Å². The first kappa shape index (κ1) is 20.8. The zero-order valence-corrected chi connectivity index (χ0v) is 17.5. The number of ether oxygens (including phenoxy) is 1. The summed E-state index contributed by atoms with van der Waals surface area (Å²) in [6, 6.07) is 8.79. The molecule has 2 aliphatic carbocycles. The van der Waals surface area contributed by atoms with Gasteiger partial charge in [-0.15, -0.1) is 0 Å². The first-order valence-corrected chi connectivity index (χ1v) is 11.0. The van der Waals surface area contributed by atoms with Gasteiger partial charge in [0.15, 0.2) is 0 Å². The predicted octanol–water partition coefficient (Wildman–Crippen LogP) is 1.90. The fourth-order valence-electron chi connectivity index (χ4n) is 5.72. The van der Waals surface area contributed by atoms with Crippen LogP contribution in [0, 0.1) is 23.2 Å². The van der Waals surface area contributed by atoms with Gasteiger partial charge in [-0.3, -0.25) is 15.0 Å². The van der Waals surface area contributed by atoms with Crippen molar-refractivity contribution >= 4 is 17.7 Å². The maximum atomic E-state index is 12.1. The third-order valence-corrected chi connectivity index (χ3v) is 7.29. The Hall–Kier alpha value is -2.41. The molecule has 30 heavy (non-hydrogen) atoms. The van der Waals surface area contributed by atoms with Crippen LogP contribution >= 0.6 is 0 Å². The molecule has 0 aromatic heterocycles. The molecule has 5 N–H and O–H groups in total. The van der Waals surface area contributed by atoms with Gasteiger partial charge in [-0.1, -0.05) is 24.3 Å². The van der Waals surface area contributed by atoms with Gasteiger partial charge in [0.25, 0.3) is 0 Å². The first-order valence-electron chi connectivity index (χ1n) is 11.0. The number of esters is 1. The monoisotopic (exact) mass is 412 g/mol.